The summed E-state index contributed by atoms with van der Waals surface area (Å²) in [5, 5.41) is 5.31. The van der Waals surface area contributed by atoms with E-state index in [1.807, 2.05) is 33.0 Å². The van der Waals surface area contributed by atoms with Gasteiger partial charge in [0.15, 0.2) is 0 Å². The number of aryl methyl sites for hydroxylation is 1. The van der Waals surface area contributed by atoms with Gasteiger partial charge in [0, 0.05) is 19.3 Å². The molecule has 1 heterocycles. The summed E-state index contributed by atoms with van der Waals surface area (Å²) in [6.07, 6.45) is 4.94. The number of nitrogens with one attached hydrogen (secondary N) is 1. The molecule has 1 rings (SSSR count). The van der Waals surface area contributed by atoms with Gasteiger partial charge in [-0.25, -0.2) is 4.98 Å². The first kappa shape index (κ1) is 12.6. The minimum atomic E-state index is 0.996. The molecule has 0 atom stereocenters. The topological polar surface area (TPSA) is 29.9 Å². The van der Waals surface area contributed by atoms with Crippen LogP contribution in [0.15, 0.2) is 12.7 Å². The van der Waals surface area contributed by atoms with Crippen molar-refractivity contribution < 1.29 is 0 Å². The molecule has 88 valence electrons. The molecule has 1 aromatic rings. The molecule has 0 fully saturated rings. The van der Waals surface area contributed by atoms with E-state index in [2.05, 4.69) is 28.4 Å². The zero-order chi connectivity index (χ0) is 12.1. The minimum absolute atomic E-state index is 0.996. The van der Waals surface area contributed by atoms with E-state index in [1.54, 1.807) is 0 Å². The van der Waals surface area contributed by atoms with Crippen molar-refractivity contribution in [3.8, 4) is 0 Å². The Balaban J connectivity index is 3.60. The molecule has 0 amide bonds. The molecular weight excluding hydrogens is 198 g/mol. The van der Waals surface area contributed by atoms with Crippen molar-refractivity contribution in [1.29, 1.82) is 0 Å². The lowest BCUT2D eigenvalue weighted by atomic mass is 10.3. The van der Waals surface area contributed by atoms with Gasteiger partial charge in [-0.1, -0.05) is 19.6 Å². The van der Waals surface area contributed by atoms with Gasteiger partial charge in [0.05, 0.1) is 5.35 Å². The van der Waals surface area contributed by atoms with Crippen molar-refractivity contribution in [3.63, 3.8) is 0 Å². The van der Waals surface area contributed by atoms with Gasteiger partial charge in [-0.15, -0.1) is 0 Å². The van der Waals surface area contributed by atoms with Crippen LogP contribution in [0.1, 0.15) is 26.1 Å². The van der Waals surface area contributed by atoms with E-state index in [9.17, 15) is 0 Å². The molecule has 0 aliphatic rings. The van der Waals surface area contributed by atoms with Gasteiger partial charge in [0.1, 0.15) is 11.2 Å². The number of hydrogen-bond donors (Lipinski definition) is 1. The molecule has 0 saturated heterocycles. The smallest absolute Gasteiger partial charge is 0.107 e. The van der Waals surface area contributed by atoms with Crippen LogP contribution in [0.4, 0.5) is 0 Å². The molecule has 3 nitrogen and oxygen atoms in total. The van der Waals surface area contributed by atoms with Gasteiger partial charge in [-0.2, -0.15) is 0 Å². The maximum Gasteiger partial charge on any atom is 0.107 e. The van der Waals surface area contributed by atoms with E-state index in [-0.39, 0.29) is 0 Å². The second-order valence-corrected chi connectivity index (χ2v) is 3.82. The van der Waals surface area contributed by atoms with E-state index < -0.39 is 0 Å². The molecule has 0 radical (unpaired) electrons. The normalized spacial score (nSPS) is 13.9. The zero-order valence-corrected chi connectivity index (χ0v) is 10.7. The number of imidazole rings is 1. The third-order valence-corrected chi connectivity index (χ3v) is 2.65. The first-order valence-corrected chi connectivity index (χ1v) is 5.70. The third-order valence-electron chi connectivity index (χ3n) is 2.65. The van der Waals surface area contributed by atoms with E-state index in [4.69, 9.17) is 0 Å². The summed E-state index contributed by atoms with van der Waals surface area (Å²) in [6.45, 7) is 11.0. The SMILES string of the molecule is C=C/C=c1\c(=C(/C)NC)nc(C)n1CCC. The number of allylic oxidation sites excluding steroid dienone is 1. The standard InChI is InChI=1S/C13H21N3/c1-6-8-12-13(10(3)14-5)15-11(4)16(12)9-7-2/h6,8,14H,1,7,9H2,2-5H3/b12-8+,13-10-. The van der Waals surface area contributed by atoms with Crippen molar-refractivity contribution in [1.82, 2.24) is 14.9 Å². The molecule has 0 spiro atoms. The van der Waals surface area contributed by atoms with Crippen LogP contribution in [0.3, 0.4) is 0 Å². The van der Waals surface area contributed by atoms with Crippen molar-refractivity contribution >= 4 is 11.8 Å². The average Bonchev–Trinajstić information content (AvgIpc) is 2.58. The van der Waals surface area contributed by atoms with Crippen LogP contribution in [0.25, 0.3) is 11.8 Å². The zero-order valence-electron chi connectivity index (χ0n) is 10.7. The Kier molecular flexibility index (Phi) is 4.35. The first-order valence-electron chi connectivity index (χ1n) is 5.70. The van der Waals surface area contributed by atoms with E-state index in [0.29, 0.717) is 0 Å². The highest BCUT2D eigenvalue weighted by atomic mass is 15.1. The summed E-state index contributed by atoms with van der Waals surface area (Å²) >= 11 is 0. The van der Waals surface area contributed by atoms with Gasteiger partial charge < -0.3 is 9.88 Å². The van der Waals surface area contributed by atoms with E-state index in [0.717, 1.165) is 35.2 Å². The number of hydrogen-bond acceptors (Lipinski definition) is 2. The summed E-state index contributed by atoms with van der Waals surface area (Å²) in [5.41, 5.74) is 1.09. The number of aromatic nitrogens is 2. The summed E-state index contributed by atoms with van der Waals surface area (Å²) in [6, 6.07) is 0. The molecule has 3 heteroatoms. The molecule has 0 aliphatic heterocycles. The lowest BCUT2D eigenvalue weighted by molar-refractivity contribution is 0.643. The molecule has 16 heavy (non-hydrogen) atoms. The molecule has 1 N–H and O–H groups in total. The highest BCUT2D eigenvalue weighted by Gasteiger charge is 2.03. The molecule has 0 aliphatic carbocycles. The predicted molar refractivity (Wildman–Crippen MR) is 69.3 cm³/mol. The first-order chi connectivity index (χ1) is 7.65. The summed E-state index contributed by atoms with van der Waals surface area (Å²) in [7, 11) is 1.92. The van der Waals surface area contributed by atoms with Crippen molar-refractivity contribution in [3.05, 3.63) is 29.2 Å². The fourth-order valence-electron chi connectivity index (χ4n) is 1.76. The Morgan fingerprint density at radius 1 is 1.56 bits per heavy atom. The average molecular weight is 219 g/mol. The number of nitrogens with zero attached hydrogens (tertiary/aromatic N) is 2. The van der Waals surface area contributed by atoms with Crippen LogP contribution in [-0.4, -0.2) is 16.6 Å². The maximum atomic E-state index is 4.60. The minimum Gasteiger partial charge on any atom is -0.390 e. The Hall–Kier alpha value is -1.51. The fraction of sp³-hybridized carbons (Fsp3) is 0.462. The Morgan fingerprint density at radius 2 is 2.25 bits per heavy atom. The Morgan fingerprint density at radius 3 is 2.75 bits per heavy atom. The third kappa shape index (κ3) is 2.35. The molecular formula is C13H21N3. The fourth-order valence-corrected chi connectivity index (χ4v) is 1.76. The van der Waals surface area contributed by atoms with Gasteiger partial charge in [-0.3, -0.25) is 0 Å². The van der Waals surface area contributed by atoms with Crippen molar-refractivity contribution in [2.75, 3.05) is 7.05 Å². The van der Waals surface area contributed by atoms with Crippen LogP contribution in [-0.2, 0) is 6.54 Å². The van der Waals surface area contributed by atoms with E-state index >= 15 is 0 Å². The van der Waals surface area contributed by atoms with E-state index in [1.165, 1.54) is 0 Å². The van der Waals surface area contributed by atoms with Crippen molar-refractivity contribution in [2.45, 2.75) is 33.7 Å². The largest absolute Gasteiger partial charge is 0.390 e. The van der Waals surface area contributed by atoms with Crippen LogP contribution < -0.4 is 16.0 Å². The summed E-state index contributed by atoms with van der Waals surface area (Å²) in [5.74, 6) is 1.06. The van der Waals surface area contributed by atoms with Gasteiger partial charge >= 0.3 is 0 Å². The summed E-state index contributed by atoms with van der Waals surface area (Å²) < 4.78 is 2.23. The summed E-state index contributed by atoms with van der Waals surface area (Å²) in [4.78, 5) is 4.60. The molecule has 0 unspecified atom stereocenters. The Labute approximate surface area is 97.2 Å². The lowest BCUT2D eigenvalue weighted by Crippen LogP contribution is -2.34. The highest BCUT2D eigenvalue weighted by molar-refractivity contribution is 5.41. The molecule has 0 aromatic carbocycles. The van der Waals surface area contributed by atoms with Crippen LogP contribution in [0.2, 0.25) is 0 Å². The predicted octanol–water partition coefficient (Wildman–Crippen LogP) is 0.916. The van der Waals surface area contributed by atoms with Crippen molar-refractivity contribution in [2.24, 2.45) is 0 Å². The van der Waals surface area contributed by atoms with Gasteiger partial charge in [-0.05, 0) is 26.3 Å². The van der Waals surface area contributed by atoms with Crippen LogP contribution >= 0.6 is 0 Å². The van der Waals surface area contributed by atoms with Gasteiger partial charge in [0.25, 0.3) is 0 Å². The molecule has 0 bridgehead atoms. The second-order valence-electron chi connectivity index (χ2n) is 3.82. The lowest BCUT2D eigenvalue weighted by Gasteiger charge is -2.02. The van der Waals surface area contributed by atoms with Gasteiger partial charge in [0.2, 0.25) is 0 Å². The molecule has 1 aromatic heterocycles. The highest BCUT2D eigenvalue weighted by Crippen LogP contribution is 1.91. The maximum absolute atomic E-state index is 4.60. The van der Waals surface area contributed by atoms with Crippen LogP contribution in [0, 0.1) is 6.92 Å². The van der Waals surface area contributed by atoms with Crippen LogP contribution in [0.5, 0.6) is 0 Å². The number of rotatable bonds is 4. The monoisotopic (exact) mass is 219 g/mol. The quantitative estimate of drug-likeness (QED) is 0.816. The molecule has 0 saturated carbocycles. The Bertz CT molecular complexity index is 480. The second kappa shape index (κ2) is 5.54.